The van der Waals surface area contributed by atoms with Gasteiger partial charge in [-0.1, -0.05) is 12.5 Å². The molecule has 0 amide bonds. The van der Waals surface area contributed by atoms with Crippen LogP contribution in [0.4, 0.5) is 5.69 Å². The Hall–Kier alpha value is -2.80. The standard InChI is InChI=1S/C20H23N3O4/c1-15-5-6-17(13-21-15)19(14-22-11-3-2-4-12-22)27-20(24)16-7-9-18(10-8-16)23(25)26/h5-10,13,19H,2-4,11-12,14H2,1H3. The monoisotopic (exact) mass is 369 g/mol. The lowest BCUT2D eigenvalue weighted by molar-refractivity contribution is -0.384. The molecule has 3 rings (SSSR count). The summed E-state index contributed by atoms with van der Waals surface area (Å²) < 4.78 is 5.78. The van der Waals surface area contributed by atoms with E-state index in [1.54, 1.807) is 6.20 Å². The molecule has 1 aromatic carbocycles. The van der Waals surface area contributed by atoms with Crippen molar-refractivity contribution in [3.63, 3.8) is 0 Å². The third-order valence-electron chi connectivity index (χ3n) is 4.74. The number of hydrogen-bond acceptors (Lipinski definition) is 6. The van der Waals surface area contributed by atoms with Gasteiger partial charge in [0.25, 0.3) is 5.69 Å². The fraction of sp³-hybridized carbons (Fsp3) is 0.400. The Morgan fingerprint density at radius 2 is 1.89 bits per heavy atom. The lowest BCUT2D eigenvalue weighted by Crippen LogP contribution is -2.35. The third kappa shape index (κ3) is 5.10. The molecule has 7 heteroatoms. The van der Waals surface area contributed by atoms with Crippen LogP contribution in [0.3, 0.4) is 0 Å². The van der Waals surface area contributed by atoms with Crippen molar-refractivity contribution in [1.82, 2.24) is 9.88 Å². The van der Waals surface area contributed by atoms with E-state index in [9.17, 15) is 14.9 Å². The van der Waals surface area contributed by atoms with Crippen LogP contribution in [0.1, 0.15) is 47.0 Å². The molecule has 0 spiro atoms. The van der Waals surface area contributed by atoms with Gasteiger partial charge in [0.15, 0.2) is 0 Å². The Morgan fingerprint density at radius 1 is 1.19 bits per heavy atom. The van der Waals surface area contributed by atoms with E-state index in [2.05, 4.69) is 9.88 Å². The second-order valence-corrected chi connectivity index (χ2v) is 6.79. The molecule has 0 bridgehead atoms. The van der Waals surface area contributed by atoms with Gasteiger partial charge in [0, 0.05) is 36.1 Å². The van der Waals surface area contributed by atoms with Crippen LogP contribution in [-0.2, 0) is 4.74 Å². The molecule has 0 saturated carbocycles. The molecule has 1 aromatic heterocycles. The van der Waals surface area contributed by atoms with Gasteiger partial charge >= 0.3 is 5.97 Å². The summed E-state index contributed by atoms with van der Waals surface area (Å²) in [5.41, 5.74) is 1.99. The maximum Gasteiger partial charge on any atom is 0.338 e. The van der Waals surface area contributed by atoms with Crippen LogP contribution >= 0.6 is 0 Å². The molecule has 0 radical (unpaired) electrons. The summed E-state index contributed by atoms with van der Waals surface area (Å²) >= 11 is 0. The first-order chi connectivity index (χ1) is 13.0. The summed E-state index contributed by atoms with van der Waals surface area (Å²) in [6.45, 7) is 4.51. The molecule has 1 unspecified atom stereocenters. The number of pyridine rings is 1. The highest BCUT2D eigenvalue weighted by molar-refractivity contribution is 5.89. The molecular formula is C20H23N3O4. The number of carbonyl (C=O) groups is 1. The van der Waals surface area contributed by atoms with Gasteiger partial charge < -0.3 is 4.74 Å². The summed E-state index contributed by atoms with van der Waals surface area (Å²) in [5.74, 6) is -0.493. The van der Waals surface area contributed by atoms with Gasteiger partial charge in [-0.2, -0.15) is 0 Å². The quantitative estimate of drug-likeness (QED) is 0.439. The first-order valence-corrected chi connectivity index (χ1v) is 9.13. The molecule has 7 nitrogen and oxygen atoms in total. The number of nitrogens with zero attached hydrogens (tertiary/aromatic N) is 3. The fourth-order valence-electron chi connectivity index (χ4n) is 3.17. The Kier molecular flexibility index (Phi) is 6.13. The zero-order valence-electron chi connectivity index (χ0n) is 15.3. The number of nitro benzene ring substituents is 1. The molecule has 1 fully saturated rings. The van der Waals surface area contributed by atoms with Crippen molar-refractivity contribution in [2.45, 2.75) is 32.3 Å². The minimum absolute atomic E-state index is 0.0563. The first kappa shape index (κ1) is 19.0. The van der Waals surface area contributed by atoms with Gasteiger partial charge in [-0.25, -0.2) is 4.79 Å². The summed E-state index contributed by atoms with van der Waals surface area (Å²) in [4.78, 5) is 29.5. The van der Waals surface area contributed by atoms with Gasteiger partial charge in [0.1, 0.15) is 6.10 Å². The lowest BCUT2D eigenvalue weighted by atomic mass is 10.1. The van der Waals surface area contributed by atoms with Crippen LogP contribution in [-0.4, -0.2) is 40.4 Å². The van der Waals surface area contributed by atoms with E-state index >= 15 is 0 Å². The molecule has 142 valence electrons. The molecule has 1 aliphatic rings. The Balaban J connectivity index is 1.75. The Labute approximate surface area is 158 Å². The predicted octanol–water partition coefficient (Wildman–Crippen LogP) is 3.68. The number of carbonyl (C=O) groups excluding carboxylic acids is 1. The second kappa shape index (κ2) is 8.73. The minimum Gasteiger partial charge on any atom is -0.452 e. The maximum atomic E-state index is 12.6. The SMILES string of the molecule is Cc1ccc(C(CN2CCCCC2)OC(=O)c2ccc([N+](=O)[O-])cc2)cn1. The van der Waals surface area contributed by atoms with Crippen molar-refractivity contribution in [3.05, 3.63) is 69.5 Å². The molecule has 27 heavy (non-hydrogen) atoms. The largest absolute Gasteiger partial charge is 0.452 e. The van der Waals surface area contributed by atoms with Gasteiger partial charge in [-0.3, -0.25) is 20.0 Å². The van der Waals surface area contributed by atoms with Crippen LogP contribution in [0.2, 0.25) is 0 Å². The van der Waals surface area contributed by atoms with E-state index in [4.69, 9.17) is 4.74 Å². The average molecular weight is 369 g/mol. The van der Waals surface area contributed by atoms with Gasteiger partial charge in [0.05, 0.1) is 10.5 Å². The van der Waals surface area contributed by atoms with Gasteiger partial charge in [-0.05, 0) is 51.1 Å². The number of aryl methyl sites for hydroxylation is 1. The average Bonchev–Trinajstić information content (AvgIpc) is 2.69. The molecule has 1 atom stereocenters. The number of piperidine rings is 1. The maximum absolute atomic E-state index is 12.6. The van der Waals surface area contributed by atoms with Crippen LogP contribution in [0.25, 0.3) is 0 Å². The van der Waals surface area contributed by atoms with E-state index in [0.717, 1.165) is 37.2 Å². The van der Waals surface area contributed by atoms with E-state index in [1.807, 2.05) is 19.1 Å². The third-order valence-corrected chi connectivity index (χ3v) is 4.74. The van der Waals surface area contributed by atoms with Crippen LogP contribution in [0.5, 0.6) is 0 Å². The molecule has 1 saturated heterocycles. The van der Waals surface area contributed by atoms with Crippen molar-refractivity contribution in [1.29, 1.82) is 0 Å². The lowest BCUT2D eigenvalue weighted by Gasteiger charge is -2.30. The van der Waals surface area contributed by atoms with Crippen molar-refractivity contribution in [3.8, 4) is 0 Å². The number of benzene rings is 1. The highest BCUT2D eigenvalue weighted by atomic mass is 16.6. The number of esters is 1. The zero-order valence-corrected chi connectivity index (χ0v) is 15.3. The number of hydrogen-bond donors (Lipinski definition) is 0. The number of non-ortho nitro benzene ring substituents is 1. The van der Waals surface area contributed by atoms with E-state index < -0.39 is 17.0 Å². The minimum atomic E-state index is -0.494. The highest BCUT2D eigenvalue weighted by Gasteiger charge is 2.23. The van der Waals surface area contributed by atoms with Crippen molar-refractivity contribution < 1.29 is 14.5 Å². The fourth-order valence-corrected chi connectivity index (χ4v) is 3.17. The summed E-state index contributed by atoms with van der Waals surface area (Å²) in [5, 5.41) is 10.8. The van der Waals surface area contributed by atoms with Crippen LogP contribution in [0.15, 0.2) is 42.6 Å². The smallest absolute Gasteiger partial charge is 0.338 e. The molecule has 0 N–H and O–H groups in total. The summed E-state index contributed by atoms with van der Waals surface area (Å²) in [7, 11) is 0. The zero-order chi connectivity index (χ0) is 19.2. The molecular weight excluding hydrogens is 346 g/mol. The molecule has 0 aliphatic carbocycles. The van der Waals surface area contributed by atoms with Crippen LogP contribution < -0.4 is 0 Å². The first-order valence-electron chi connectivity index (χ1n) is 9.13. The number of nitro groups is 1. The summed E-state index contributed by atoms with van der Waals surface area (Å²) in [6.07, 6.45) is 4.84. The molecule has 2 heterocycles. The summed E-state index contributed by atoms with van der Waals surface area (Å²) in [6, 6.07) is 9.29. The predicted molar refractivity (Wildman–Crippen MR) is 101 cm³/mol. The molecule has 1 aliphatic heterocycles. The number of aromatic nitrogens is 1. The van der Waals surface area contributed by atoms with E-state index in [1.165, 1.54) is 30.7 Å². The number of ether oxygens (including phenoxy) is 1. The van der Waals surface area contributed by atoms with Crippen molar-refractivity contribution >= 4 is 11.7 Å². The van der Waals surface area contributed by atoms with Gasteiger partial charge in [0.2, 0.25) is 0 Å². The van der Waals surface area contributed by atoms with Crippen molar-refractivity contribution in [2.24, 2.45) is 0 Å². The van der Waals surface area contributed by atoms with Gasteiger partial charge in [-0.15, -0.1) is 0 Å². The molecule has 2 aromatic rings. The highest BCUT2D eigenvalue weighted by Crippen LogP contribution is 2.23. The second-order valence-electron chi connectivity index (χ2n) is 6.79. The van der Waals surface area contributed by atoms with E-state index in [-0.39, 0.29) is 5.69 Å². The number of likely N-dealkylation sites (tertiary alicyclic amines) is 1. The van der Waals surface area contributed by atoms with Crippen molar-refractivity contribution in [2.75, 3.05) is 19.6 Å². The number of rotatable bonds is 6. The topological polar surface area (TPSA) is 85.6 Å². The van der Waals surface area contributed by atoms with E-state index in [0.29, 0.717) is 12.1 Å². The van der Waals surface area contributed by atoms with Crippen LogP contribution in [0, 0.1) is 17.0 Å². The Morgan fingerprint density at radius 3 is 2.48 bits per heavy atom. The normalized spacial score (nSPS) is 15.9. The Bertz CT molecular complexity index is 784.